The van der Waals surface area contributed by atoms with Crippen molar-refractivity contribution in [3.8, 4) is 0 Å². The van der Waals surface area contributed by atoms with Gasteiger partial charge in [0.05, 0.1) is 6.61 Å². The molecule has 0 aliphatic heterocycles. The second kappa shape index (κ2) is 6.17. The monoisotopic (exact) mass is 262 g/mol. The number of hydrogen-bond donors (Lipinski definition) is 3. The summed E-state index contributed by atoms with van der Waals surface area (Å²) in [4.78, 5) is 11.9. The van der Waals surface area contributed by atoms with E-state index in [0.29, 0.717) is 19.5 Å². The maximum atomic E-state index is 11.9. The Labute approximate surface area is 114 Å². The van der Waals surface area contributed by atoms with Crippen LogP contribution in [0.25, 0.3) is 0 Å². The summed E-state index contributed by atoms with van der Waals surface area (Å²) in [5, 5.41) is 11.9. The molecule has 2 rings (SSSR count). The highest BCUT2D eigenvalue weighted by Gasteiger charge is 2.37. The van der Waals surface area contributed by atoms with Gasteiger partial charge in [-0.3, -0.25) is 4.79 Å². The molecule has 104 valence electrons. The molecule has 1 amide bonds. The normalized spacial score (nSPS) is 16.7. The van der Waals surface area contributed by atoms with Gasteiger partial charge in [-0.2, -0.15) is 0 Å². The van der Waals surface area contributed by atoms with Crippen LogP contribution in [-0.4, -0.2) is 17.6 Å². The number of nitrogens with two attached hydrogens (primary N) is 1. The van der Waals surface area contributed by atoms with E-state index in [9.17, 15) is 4.79 Å². The van der Waals surface area contributed by atoms with Crippen LogP contribution in [0.5, 0.6) is 0 Å². The van der Waals surface area contributed by atoms with E-state index in [-0.39, 0.29) is 17.9 Å². The van der Waals surface area contributed by atoms with Crippen LogP contribution in [0.3, 0.4) is 0 Å². The van der Waals surface area contributed by atoms with Crippen molar-refractivity contribution in [1.82, 2.24) is 5.32 Å². The summed E-state index contributed by atoms with van der Waals surface area (Å²) in [6.45, 7) is 1.18. The van der Waals surface area contributed by atoms with E-state index < -0.39 is 0 Å². The van der Waals surface area contributed by atoms with Crippen LogP contribution in [0.1, 0.15) is 36.8 Å². The van der Waals surface area contributed by atoms with Gasteiger partial charge in [0, 0.05) is 13.0 Å². The number of nitrogens with one attached hydrogen (secondary N) is 1. The third-order valence-electron chi connectivity index (χ3n) is 4.08. The Morgan fingerprint density at radius 3 is 2.37 bits per heavy atom. The molecule has 0 radical (unpaired) electrons. The minimum Gasteiger partial charge on any atom is -0.392 e. The first-order valence-electron chi connectivity index (χ1n) is 6.83. The second-order valence-electron chi connectivity index (χ2n) is 5.49. The fraction of sp³-hybridized carbons (Fsp3) is 0.533. The highest BCUT2D eigenvalue weighted by atomic mass is 16.3. The molecule has 1 aliphatic carbocycles. The predicted molar refractivity (Wildman–Crippen MR) is 74.2 cm³/mol. The molecule has 1 aromatic rings. The zero-order valence-corrected chi connectivity index (χ0v) is 11.2. The molecule has 1 aliphatic rings. The summed E-state index contributed by atoms with van der Waals surface area (Å²) in [5.74, 6) is 0.0800. The number of amides is 1. The molecule has 4 heteroatoms. The lowest BCUT2D eigenvalue weighted by Gasteiger charge is -2.40. The lowest BCUT2D eigenvalue weighted by atomic mass is 9.66. The van der Waals surface area contributed by atoms with Gasteiger partial charge in [-0.25, -0.2) is 0 Å². The molecular formula is C15H22N2O2. The molecule has 0 spiro atoms. The molecule has 1 saturated carbocycles. The molecule has 0 atom stereocenters. The van der Waals surface area contributed by atoms with Crippen molar-refractivity contribution < 1.29 is 9.90 Å². The topological polar surface area (TPSA) is 75.4 Å². The molecule has 0 unspecified atom stereocenters. The van der Waals surface area contributed by atoms with Crippen molar-refractivity contribution in [1.29, 1.82) is 0 Å². The maximum Gasteiger partial charge on any atom is 0.220 e. The summed E-state index contributed by atoms with van der Waals surface area (Å²) < 4.78 is 0. The van der Waals surface area contributed by atoms with Crippen LogP contribution in [-0.2, 0) is 17.9 Å². The Kier molecular flexibility index (Phi) is 4.56. The van der Waals surface area contributed by atoms with Gasteiger partial charge < -0.3 is 16.2 Å². The average Bonchev–Trinajstić information content (AvgIpc) is 2.41. The molecule has 19 heavy (non-hydrogen) atoms. The highest BCUT2D eigenvalue weighted by Crippen LogP contribution is 2.42. The fourth-order valence-electron chi connectivity index (χ4n) is 2.50. The molecule has 4 nitrogen and oxygen atoms in total. The quantitative estimate of drug-likeness (QED) is 0.723. The Balaban J connectivity index is 1.79. The van der Waals surface area contributed by atoms with Gasteiger partial charge in [-0.15, -0.1) is 0 Å². The Bertz CT molecular complexity index is 419. The van der Waals surface area contributed by atoms with Gasteiger partial charge in [-0.1, -0.05) is 30.7 Å². The van der Waals surface area contributed by atoms with E-state index in [4.69, 9.17) is 10.8 Å². The zero-order chi connectivity index (χ0) is 13.7. The number of benzene rings is 1. The van der Waals surface area contributed by atoms with E-state index in [2.05, 4.69) is 5.32 Å². The lowest BCUT2D eigenvalue weighted by Crippen LogP contribution is -2.41. The van der Waals surface area contributed by atoms with E-state index in [1.807, 2.05) is 24.3 Å². The van der Waals surface area contributed by atoms with Gasteiger partial charge >= 0.3 is 0 Å². The first kappa shape index (κ1) is 14.0. The fourth-order valence-corrected chi connectivity index (χ4v) is 2.50. The molecule has 1 aromatic carbocycles. The van der Waals surface area contributed by atoms with Crippen molar-refractivity contribution in [2.75, 3.05) is 6.54 Å². The minimum atomic E-state index is 0.0473. The molecule has 1 fully saturated rings. The van der Waals surface area contributed by atoms with Gasteiger partial charge in [0.15, 0.2) is 0 Å². The van der Waals surface area contributed by atoms with Crippen molar-refractivity contribution >= 4 is 5.91 Å². The maximum absolute atomic E-state index is 11.9. The summed E-state index contributed by atoms with van der Waals surface area (Å²) in [6.07, 6.45) is 3.87. The molecule has 0 bridgehead atoms. The van der Waals surface area contributed by atoms with Gasteiger partial charge in [0.25, 0.3) is 0 Å². The van der Waals surface area contributed by atoms with Gasteiger partial charge in [0.2, 0.25) is 5.91 Å². The number of hydrogen-bond acceptors (Lipinski definition) is 3. The predicted octanol–water partition coefficient (Wildman–Crippen LogP) is 1.31. The van der Waals surface area contributed by atoms with Crippen LogP contribution in [0.15, 0.2) is 24.3 Å². The first-order chi connectivity index (χ1) is 9.17. The van der Waals surface area contributed by atoms with Crippen LogP contribution in [0, 0.1) is 5.41 Å². The first-order valence-corrected chi connectivity index (χ1v) is 6.83. The Hall–Kier alpha value is -1.39. The smallest absolute Gasteiger partial charge is 0.220 e. The second-order valence-corrected chi connectivity index (χ2v) is 5.49. The third-order valence-corrected chi connectivity index (χ3v) is 4.08. The summed E-state index contributed by atoms with van der Waals surface area (Å²) in [5.41, 5.74) is 7.74. The standard InChI is InChI=1S/C15H22N2O2/c16-11-15(6-1-7-15)8-14(19)17-9-12-2-4-13(10-18)5-3-12/h2-5,18H,1,6-11,16H2,(H,17,19). The summed E-state index contributed by atoms with van der Waals surface area (Å²) in [7, 11) is 0. The van der Waals surface area contributed by atoms with E-state index in [0.717, 1.165) is 24.0 Å². The van der Waals surface area contributed by atoms with Crippen molar-refractivity contribution in [2.45, 2.75) is 38.8 Å². The Morgan fingerprint density at radius 2 is 1.89 bits per heavy atom. The van der Waals surface area contributed by atoms with Gasteiger partial charge in [0.1, 0.15) is 0 Å². The summed E-state index contributed by atoms with van der Waals surface area (Å²) >= 11 is 0. The van der Waals surface area contributed by atoms with E-state index in [1.54, 1.807) is 0 Å². The Morgan fingerprint density at radius 1 is 1.26 bits per heavy atom. The van der Waals surface area contributed by atoms with Crippen molar-refractivity contribution in [3.05, 3.63) is 35.4 Å². The van der Waals surface area contributed by atoms with E-state index in [1.165, 1.54) is 6.42 Å². The largest absolute Gasteiger partial charge is 0.392 e. The van der Waals surface area contributed by atoms with Crippen LogP contribution >= 0.6 is 0 Å². The van der Waals surface area contributed by atoms with Crippen molar-refractivity contribution in [2.24, 2.45) is 11.1 Å². The molecule has 0 aromatic heterocycles. The molecule has 0 heterocycles. The third kappa shape index (κ3) is 3.55. The SMILES string of the molecule is NCC1(CC(=O)NCc2ccc(CO)cc2)CCC1. The number of aliphatic hydroxyl groups is 1. The molecule has 4 N–H and O–H groups in total. The van der Waals surface area contributed by atoms with Crippen LogP contribution in [0.4, 0.5) is 0 Å². The van der Waals surface area contributed by atoms with Crippen LogP contribution < -0.4 is 11.1 Å². The van der Waals surface area contributed by atoms with Crippen molar-refractivity contribution in [3.63, 3.8) is 0 Å². The molecular weight excluding hydrogens is 240 g/mol. The number of aliphatic hydroxyl groups excluding tert-OH is 1. The summed E-state index contributed by atoms with van der Waals surface area (Å²) in [6, 6.07) is 7.59. The number of carbonyl (C=O) groups is 1. The molecule has 0 saturated heterocycles. The van der Waals surface area contributed by atoms with Crippen LogP contribution in [0.2, 0.25) is 0 Å². The van der Waals surface area contributed by atoms with E-state index >= 15 is 0 Å². The highest BCUT2D eigenvalue weighted by molar-refractivity contribution is 5.76. The van der Waals surface area contributed by atoms with Gasteiger partial charge in [-0.05, 0) is 35.9 Å². The minimum absolute atomic E-state index is 0.0473. The number of rotatable bonds is 6. The number of carbonyl (C=O) groups excluding carboxylic acids is 1. The zero-order valence-electron chi connectivity index (χ0n) is 11.2. The lowest BCUT2D eigenvalue weighted by molar-refractivity contribution is -0.124. The average molecular weight is 262 g/mol.